The summed E-state index contributed by atoms with van der Waals surface area (Å²) in [7, 11) is -9.62. The molecule has 2 heterocycles. The van der Waals surface area contributed by atoms with Crippen molar-refractivity contribution in [3.8, 4) is 11.5 Å². The molecule has 252 valence electrons. The van der Waals surface area contributed by atoms with Crippen molar-refractivity contribution in [3.63, 3.8) is 0 Å². The summed E-state index contributed by atoms with van der Waals surface area (Å²) in [6.45, 7) is 0. The van der Waals surface area contributed by atoms with Crippen LogP contribution in [0, 0.1) is 0 Å². The predicted octanol–water partition coefficient (Wildman–Crippen LogP) is 3.44. The normalized spacial score (nSPS) is 11.7. The molecule has 0 radical (unpaired) electrons. The van der Waals surface area contributed by atoms with Gasteiger partial charge in [-0.2, -0.15) is 16.8 Å². The van der Waals surface area contributed by atoms with Crippen molar-refractivity contribution in [2.45, 2.75) is 9.79 Å². The van der Waals surface area contributed by atoms with E-state index in [4.69, 9.17) is 24.4 Å². The molecule has 51 heavy (non-hydrogen) atoms. The van der Waals surface area contributed by atoms with Gasteiger partial charge < -0.3 is 20.8 Å². The maximum atomic E-state index is 12.4. The number of phenols is 2. The quantitative estimate of drug-likeness (QED) is 0.0570. The van der Waals surface area contributed by atoms with Crippen molar-refractivity contribution in [2.75, 3.05) is 10.6 Å². The number of aromatic hydroxyl groups is 2. The molecule has 0 atom stereocenters. The zero-order valence-electron chi connectivity index (χ0n) is 26.3. The van der Waals surface area contributed by atoms with E-state index in [9.17, 15) is 36.2 Å². The van der Waals surface area contributed by atoms with Gasteiger partial charge in [0.15, 0.2) is 11.5 Å². The Morgan fingerprint density at radius 3 is 1.37 bits per heavy atom. The zero-order chi connectivity index (χ0) is 35.8. The molecule has 6 rings (SSSR count). The van der Waals surface area contributed by atoms with Gasteiger partial charge in [0, 0.05) is 34.5 Å². The molecule has 17 heteroatoms. The van der Waals surface area contributed by atoms with Crippen LogP contribution in [0.3, 0.4) is 0 Å². The Morgan fingerprint density at radius 1 is 0.608 bits per heavy atom. The number of pyridine rings is 2. The zero-order valence-corrected chi connectivity index (χ0v) is 31.6. The van der Waals surface area contributed by atoms with Gasteiger partial charge in [-0.3, -0.25) is 19.1 Å². The van der Waals surface area contributed by atoms with Crippen LogP contribution >= 0.6 is 24.4 Å². The van der Waals surface area contributed by atoms with Crippen LogP contribution in [0.2, 0.25) is 0 Å². The average Bonchev–Trinajstić information content (AvgIpc) is 3.07. The van der Waals surface area contributed by atoms with E-state index in [2.05, 4.69) is 20.6 Å². The summed E-state index contributed by atoms with van der Waals surface area (Å²) in [5, 5.41) is 28.5. The van der Waals surface area contributed by atoms with Crippen molar-refractivity contribution in [1.82, 2.24) is 9.97 Å². The van der Waals surface area contributed by atoms with E-state index in [1.54, 1.807) is 48.5 Å². The van der Waals surface area contributed by atoms with Crippen LogP contribution in [0.4, 0.5) is 11.4 Å². The molecule has 6 aromatic rings. The molecule has 0 aliphatic rings. The topological polar surface area (TPSA) is 199 Å². The number of phenolic OH excluding ortho intramolecular Hbond substituents is 2. The van der Waals surface area contributed by atoms with Crippen LogP contribution in [-0.4, -0.2) is 56.1 Å². The van der Waals surface area contributed by atoms with Gasteiger partial charge in [-0.05, 0) is 59.7 Å². The Morgan fingerprint density at radius 2 is 1.00 bits per heavy atom. The summed E-state index contributed by atoms with van der Waals surface area (Å²) < 4.78 is 69.6. The molecule has 0 bridgehead atoms. The number of hydrogen-bond acceptors (Lipinski definition) is 10. The number of benzene rings is 4. The Bertz CT molecular complexity index is 2460. The first kappa shape index (κ1) is 37.9. The summed E-state index contributed by atoms with van der Waals surface area (Å²) in [5.41, 5.74) is 1.42. The van der Waals surface area contributed by atoms with E-state index >= 15 is 0 Å². The first-order valence-corrected chi connectivity index (χ1v) is 18.1. The molecule has 0 unspecified atom stereocenters. The molecular formula is C34H24N4NaO8S4+. The van der Waals surface area contributed by atoms with Crippen LogP contribution in [0.1, 0.15) is 22.3 Å². The molecule has 0 fully saturated rings. The summed E-state index contributed by atoms with van der Waals surface area (Å²) >= 11 is 10.9. The van der Waals surface area contributed by atoms with Crippen LogP contribution < -0.4 is 40.2 Å². The summed E-state index contributed by atoms with van der Waals surface area (Å²) in [6, 6.07) is 21.4. The first-order valence-electron chi connectivity index (χ1n) is 14.4. The third-order valence-electron chi connectivity index (χ3n) is 7.53. The van der Waals surface area contributed by atoms with Gasteiger partial charge in [-0.1, -0.05) is 73.0 Å². The van der Waals surface area contributed by atoms with E-state index < -0.39 is 30.0 Å². The van der Waals surface area contributed by atoms with Gasteiger partial charge >= 0.3 is 29.6 Å². The predicted molar refractivity (Wildman–Crippen MR) is 199 cm³/mol. The minimum atomic E-state index is -4.81. The van der Waals surface area contributed by atoms with Crippen LogP contribution in [-0.2, 0) is 20.2 Å². The standard InChI is InChI=1S/C34H24N4O8S4.Na/c39-31-25(13-9-21-3-1-15-35-29(21)31)33(47)37-23-11-7-19(27(17-23)49(41,42)43)5-6-20-8-12-24(18-28(20)50(44,45)46)38-34(48)26-14-10-22-4-2-16-36-30(22)32(26)40;/h1-18,39-40H,(H,37,47)(H,38,48)(H,41,42,43)(H,44,45,46);/q;+1/b6-5+;. The minimum absolute atomic E-state index is 0. The number of anilines is 2. The van der Waals surface area contributed by atoms with Crippen LogP contribution in [0.5, 0.6) is 11.5 Å². The van der Waals surface area contributed by atoms with Crippen LogP contribution in [0.15, 0.2) is 107 Å². The molecule has 2 aromatic heterocycles. The summed E-state index contributed by atoms with van der Waals surface area (Å²) in [6.07, 6.45) is 5.52. The van der Waals surface area contributed by atoms with E-state index in [0.29, 0.717) is 21.8 Å². The summed E-state index contributed by atoms with van der Waals surface area (Å²) in [4.78, 5) is 7.37. The second-order valence-corrected chi connectivity index (χ2v) is 14.4. The van der Waals surface area contributed by atoms with Crippen molar-refractivity contribution < 1.29 is 65.7 Å². The van der Waals surface area contributed by atoms with Crippen molar-refractivity contribution >= 4 is 100.0 Å². The van der Waals surface area contributed by atoms with E-state index in [0.717, 1.165) is 12.1 Å². The smallest absolute Gasteiger partial charge is 0.505 e. The van der Waals surface area contributed by atoms with Gasteiger partial charge in [0.1, 0.15) is 30.8 Å². The maximum Gasteiger partial charge on any atom is 1.00 e. The number of nitrogens with one attached hydrogen (secondary N) is 2. The first-order chi connectivity index (χ1) is 23.7. The molecule has 12 nitrogen and oxygen atoms in total. The van der Waals surface area contributed by atoms with E-state index in [-0.39, 0.29) is 84.7 Å². The van der Waals surface area contributed by atoms with Gasteiger partial charge in [0.25, 0.3) is 20.2 Å². The van der Waals surface area contributed by atoms with Crippen molar-refractivity contribution in [3.05, 3.63) is 120 Å². The maximum absolute atomic E-state index is 12.4. The monoisotopic (exact) mass is 767 g/mol. The largest absolute Gasteiger partial charge is 1.00 e. The van der Waals surface area contributed by atoms with Gasteiger partial charge in [-0.15, -0.1) is 0 Å². The number of hydrogen-bond donors (Lipinski definition) is 6. The molecule has 4 aromatic carbocycles. The van der Waals surface area contributed by atoms with E-state index in [1.165, 1.54) is 48.8 Å². The number of nitrogens with zero attached hydrogens (tertiary/aromatic N) is 2. The molecule has 0 aliphatic carbocycles. The second kappa shape index (κ2) is 15.1. The molecule has 0 aliphatic heterocycles. The molecule has 0 amide bonds. The number of rotatable bonds is 8. The SMILES string of the molecule is O=S(=O)(O)c1cc(NC(=S)c2ccc3cccnc3c2O)ccc1/C=C/c1ccc(NC(=S)c2ccc3cccnc3c2O)cc1S(=O)(=O)O.[Na+]. The fourth-order valence-electron chi connectivity index (χ4n) is 5.15. The molecular weight excluding hydrogens is 744 g/mol. The van der Waals surface area contributed by atoms with Gasteiger partial charge in [0.2, 0.25) is 0 Å². The molecule has 0 saturated carbocycles. The Hall–Kier alpha value is -4.36. The molecule has 0 spiro atoms. The van der Waals surface area contributed by atoms with Crippen LogP contribution in [0.25, 0.3) is 34.0 Å². The molecule has 6 N–H and O–H groups in total. The number of thiocarbonyl (C=S) groups is 2. The van der Waals surface area contributed by atoms with Gasteiger partial charge in [-0.25, -0.2) is 0 Å². The van der Waals surface area contributed by atoms with Crippen molar-refractivity contribution in [2.24, 2.45) is 0 Å². The third kappa shape index (κ3) is 8.25. The van der Waals surface area contributed by atoms with Crippen molar-refractivity contribution in [1.29, 1.82) is 0 Å². The van der Waals surface area contributed by atoms with E-state index in [1.807, 2.05) is 0 Å². The second-order valence-electron chi connectivity index (χ2n) is 10.8. The van der Waals surface area contributed by atoms with Gasteiger partial charge in [0.05, 0.1) is 11.1 Å². The molecule has 0 saturated heterocycles. The number of fused-ring (bicyclic) bond motifs is 2. The average molecular weight is 768 g/mol. The Kier molecular flexibility index (Phi) is 11.2. The minimum Gasteiger partial charge on any atom is -0.505 e. The Balaban J connectivity index is 0.00000504. The fraction of sp³-hybridized carbons (Fsp3) is 0. The Labute approximate surface area is 324 Å². The third-order valence-corrected chi connectivity index (χ3v) is 9.99. The summed E-state index contributed by atoms with van der Waals surface area (Å²) in [5.74, 6) is -0.339. The number of aromatic nitrogens is 2. The fourth-order valence-corrected chi connectivity index (χ4v) is 7.13.